The molecule has 0 spiro atoms. The molecule has 0 bridgehead atoms. The summed E-state index contributed by atoms with van der Waals surface area (Å²) in [5.74, 6) is -0.689. The summed E-state index contributed by atoms with van der Waals surface area (Å²) in [5, 5.41) is 23.4. The lowest BCUT2D eigenvalue weighted by Crippen LogP contribution is -2.16. The predicted octanol–water partition coefficient (Wildman–Crippen LogP) is 5.57. The first-order chi connectivity index (χ1) is 17.2. The number of ether oxygens (including phenoxy) is 2. The summed E-state index contributed by atoms with van der Waals surface area (Å²) in [6.45, 7) is 5.69. The van der Waals surface area contributed by atoms with Crippen molar-refractivity contribution in [3.05, 3.63) is 91.3 Å². The van der Waals surface area contributed by atoms with Crippen molar-refractivity contribution in [3.63, 3.8) is 0 Å². The van der Waals surface area contributed by atoms with E-state index in [1.165, 1.54) is 29.5 Å². The number of amides is 1. The molecule has 0 aliphatic heterocycles. The Hall–Kier alpha value is -4.49. The number of nitro groups is 1. The first kappa shape index (κ1) is 26.1. The van der Waals surface area contributed by atoms with E-state index >= 15 is 0 Å². The molecule has 0 saturated heterocycles. The summed E-state index contributed by atoms with van der Waals surface area (Å²) in [7, 11) is 0. The van der Waals surface area contributed by atoms with Gasteiger partial charge in [0.25, 0.3) is 11.6 Å². The number of aryl methyl sites for hydroxylation is 1. The highest BCUT2D eigenvalue weighted by atomic mass is 32.1. The van der Waals surface area contributed by atoms with E-state index in [-0.39, 0.29) is 30.0 Å². The number of nitro benzene ring substituents is 1. The number of non-ortho nitro benzene ring substituents is 1. The molecule has 1 aromatic heterocycles. The molecule has 3 aromatic rings. The first-order valence-corrected chi connectivity index (χ1v) is 11.7. The zero-order valence-electron chi connectivity index (χ0n) is 19.9. The number of nitrogens with zero attached hydrogens (tertiary/aromatic N) is 2. The van der Waals surface area contributed by atoms with Gasteiger partial charge in [-0.3, -0.25) is 14.9 Å². The molecule has 0 atom stereocenters. The Morgan fingerprint density at radius 1 is 1.19 bits per heavy atom. The van der Waals surface area contributed by atoms with E-state index in [1.54, 1.807) is 50.2 Å². The van der Waals surface area contributed by atoms with E-state index in [0.29, 0.717) is 21.9 Å². The van der Waals surface area contributed by atoms with Crippen molar-refractivity contribution in [2.24, 2.45) is 0 Å². The summed E-state index contributed by atoms with van der Waals surface area (Å²) >= 11 is 1.24. The average molecular weight is 506 g/mol. The van der Waals surface area contributed by atoms with Crippen LogP contribution in [-0.2, 0) is 16.1 Å². The van der Waals surface area contributed by atoms with Crippen molar-refractivity contribution in [1.29, 1.82) is 5.26 Å². The van der Waals surface area contributed by atoms with Crippen molar-refractivity contribution < 1.29 is 24.0 Å². The molecule has 0 unspecified atom stereocenters. The van der Waals surface area contributed by atoms with Crippen LogP contribution in [0.4, 0.5) is 10.7 Å². The maximum Gasteiger partial charge on any atom is 0.341 e. The van der Waals surface area contributed by atoms with E-state index in [4.69, 9.17) is 9.47 Å². The van der Waals surface area contributed by atoms with Crippen molar-refractivity contribution in [2.45, 2.75) is 27.4 Å². The van der Waals surface area contributed by atoms with Crippen LogP contribution in [0.25, 0.3) is 6.08 Å². The lowest BCUT2D eigenvalue weighted by atomic mass is 10.1. The van der Waals surface area contributed by atoms with Gasteiger partial charge in [0.2, 0.25) is 0 Å². The lowest BCUT2D eigenvalue weighted by Gasteiger charge is -2.08. The third-order valence-electron chi connectivity index (χ3n) is 5.18. The topological polar surface area (TPSA) is 132 Å². The van der Waals surface area contributed by atoms with Crippen LogP contribution in [0.15, 0.2) is 54.1 Å². The van der Waals surface area contributed by atoms with Crippen LogP contribution in [0.2, 0.25) is 0 Å². The van der Waals surface area contributed by atoms with Crippen molar-refractivity contribution in [3.8, 4) is 11.8 Å². The van der Waals surface area contributed by atoms with Crippen LogP contribution < -0.4 is 10.1 Å². The fourth-order valence-electron chi connectivity index (χ4n) is 3.22. The average Bonchev–Trinajstić information content (AvgIpc) is 3.14. The number of hydrogen-bond donors (Lipinski definition) is 1. The molecule has 0 aliphatic rings. The number of carbonyl (C=O) groups is 2. The number of thiophene rings is 1. The lowest BCUT2D eigenvalue weighted by molar-refractivity contribution is -0.384. The highest BCUT2D eigenvalue weighted by molar-refractivity contribution is 7.16. The maximum absolute atomic E-state index is 12.8. The summed E-state index contributed by atoms with van der Waals surface area (Å²) in [5.41, 5.74) is 2.15. The quantitative estimate of drug-likeness (QED) is 0.132. The molecule has 1 amide bonds. The monoisotopic (exact) mass is 505 g/mol. The fourth-order valence-corrected chi connectivity index (χ4v) is 4.27. The zero-order chi connectivity index (χ0) is 26.2. The molecular weight excluding hydrogens is 482 g/mol. The van der Waals surface area contributed by atoms with Crippen LogP contribution in [0.1, 0.15) is 38.8 Å². The molecule has 0 radical (unpaired) electrons. The third-order valence-corrected chi connectivity index (χ3v) is 6.30. The highest BCUT2D eigenvalue weighted by Crippen LogP contribution is 2.33. The van der Waals surface area contributed by atoms with Gasteiger partial charge in [-0.1, -0.05) is 12.1 Å². The van der Waals surface area contributed by atoms with Crippen LogP contribution in [0.3, 0.4) is 0 Å². The summed E-state index contributed by atoms with van der Waals surface area (Å²) < 4.78 is 10.9. The van der Waals surface area contributed by atoms with Crippen LogP contribution in [-0.4, -0.2) is 23.4 Å². The van der Waals surface area contributed by atoms with Crippen molar-refractivity contribution >= 4 is 40.0 Å². The standard InChI is InChI=1S/C26H23N3O6S/c1-4-34-26(31)23-16(2)17(3)36-25(23)28-24(30)20(14-27)12-19-6-5-7-22(13-19)35-15-18-8-10-21(11-9-18)29(32)33/h5-13H,4,15H2,1-3H3,(H,28,30)/b20-12+. The molecule has 3 rings (SSSR count). The minimum absolute atomic E-state index is 0.00422. The Bertz CT molecular complexity index is 1370. The Labute approximate surface area is 211 Å². The molecule has 36 heavy (non-hydrogen) atoms. The Morgan fingerprint density at radius 3 is 2.56 bits per heavy atom. The number of carbonyl (C=O) groups excluding carboxylic acids is 2. The number of rotatable bonds is 9. The van der Waals surface area contributed by atoms with E-state index < -0.39 is 16.8 Å². The smallest absolute Gasteiger partial charge is 0.341 e. The number of hydrogen-bond acceptors (Lipinski definition) is 8. The van der Waals surface area contributed by atoms with Gasteiger partial charge in [0, 0.05) is 17.0 Å². The SMILES string of the molecule is CCOC(=O)c1c(NC(=O)/C(C#N)=C/c2cccc(OCc3ccc([N+](=O)[O-])cc3)c2)sc(C)c1C. The van der Waals surface area contributed by atoms with Crippen molar-refractivity contribution in [1.82, 2.24) is 0 Å². The van der Waals surface area contributed by atoms with Gasteiger partial charge in [-0.05, 0) is 67.8 Å². The number of anilines is 1. The van der Waals surface area contributed by atoms with Gasteiger partial charge in [-0.25, -0.2) is 4.79 Å². The van der Waals surface area contributed by atoms with Crippen molar-refractivity contribution in [2.75, 3.05) is 11.9 Å². The predicted molar refractivity (Wildman–Crippen MR) is 136 cm³/mol. The summed E-state index contributed by atoms with van der Waals surface area (Å²) in [4.78, 5) is 36.4. The first-order valence-electron chi connectivity index (χ1n) is 10.9. The van der Waals surface area contributed by atoms with Gasteiger partial charge >= 0.3 is 5.97 Å². The summed E-state index contributed by atoms with van der Waals surface area (Å²) in [6, 6.07) is 14.7. The number of nitrogens with one attached hydrogen (secondary N) is 1. The second-order valence-electron chi connectivity index (χ2n) is 7.62. The molecule has 0 fully saturated rings. The second kappa shape index (κ2) is 11.8. The maximum atomic E-state index is 12.8. The van der Waals surface area contributed by atoms with E-state index in [9.17, 15) is 25.0 Å². The molecular formula is C26H23N3O6S. The molecule has 184 valence electrons. The number of esters is 1. The number of nitriles is 1. The molecule has 9 nitrogen and oxygen atoms in total. The second-order valence-corrected chi connectivity index (χ2v) is 8.84. The normalized spacial score (nSPS) is 10.9. The Morgan fingerprint density at radius 2 is 1.92 bits per heavy atom. The van der Waals surface area contributed by atoms with Crippen LogP contribution >= 0.6 is 11.3 Å². The van der Waals surface area contributed by atoms with Gasteiger partial charge in [-0.15, -0.1) is 11.3 Å². The molecule has 1 N–H and O–H groups in total. The molecule has 10 heteroatoms. The minimum Gasteiger partial charge on any atom is -0.489 e. The van der Waals surface area contributed by atoms with Crippen LogP contribution in [0.5, 0.6) is 5.75 Å². The molecule has 1 heterocycles. The van der Waals surface area contributed by atoms with Crippen LogP contribution in [0, 0.1) is 35.3 Å². The molecule has 0 aliphatic carbocycles. The Kier molecular flexibility index (Phi) is 8.54. The van der Waals surface area contributed by atoms with Gasteiger partial charge < -0.3 is 14.8 Å². The minimum atomic E-state index is -0.651. The third kappa shape index (κ3) is 6.34. The van der Waals surface area contributed by atoms with Gasteiger partial charge in [0.1, 0.15) is 29.0 Å². The van der Waals surface area contributed by atoms with E-state index in [2.05, 4.69) is 5.32 Å². The Balaban J connectivity index is 1.74. The zero-order valence-corrected chi connectivity index (χ0v) is 20.7. The molecule has 2 aromatic carbocycles. The largest absolute Gasteiger partial charge is 0.489 e. The fraction of sp³-hybridized carbons (Fsp3) is 0.192. The van der Waals surface area contributed by atoms with Gasteiger partial charge in [0.15, 0.2) is 0 Å². The number of benzene rings is 2. The van der Waals surface area contributed by atoms with Gasteiger partial charge in [0.05, 0.1) is 17.1 Å². The molecule has 0 saturated carbocycles. The summed E-state index contributed by atoms with van der Waals surface area (Å²) in [6.07, 6.45) is 1.42. The highest BCUT2D eigenvalue weighted by Gasteiger charge is 2.23. The van der Waals surface area contributed by atoms with Gasteiger partial charge in [-0.2, -0.15) is 5.26 Å². The van der Waals surface area contributed by atoms with E-state index in [1.807, 2.05) is 13.0 Å². The van der Waals surface area contributed by atoms with E-state index in [0.717, 1.165) is 10.4 Å².